The summed E-state index contributed by atoms with van der Waals surface area (Å²) < 4.78 is 6.21. The van der Waals surface area contributed by atoms with Crippen LogP contribution in [-0.2, 0) is 13.0 Å². The van der Waals surface area contributed by atoms with Gasteiger partial charge in [-0.15, -0.1) is 0 Å². The van der Waals surface area contributed by atoms with E-state index in [9.17, 15) is 0 Å². The number of aryl methyl sites for hydroxylation is 1. The van der Waals surface area contributed by atoms with Crippen LogP contribution in [0.2, 0.25) is 0 Å². The van der Waals surface area contributed by atoms with Crippen molar-refractivity contribution in [3.8, 4) is 5.75 Å². The number of ether oxygens (including phenoxy) is 1. The number of rotatable bonds is 3. The van der Waals surface area contributed by atoms with Crippen molar-refractivity contribution in [1.29, 1.82) is 0 Å². The van der Waals surface area contributed by atoms with Crippen molar-refractivity contribution in [1.82, 2.24) is 10.6 Å². The first-order valence-corrected chi connectivity index (χ1v) is 9.11. The monoisotopic (exact) mass is 300 g/mol. The topological polar surface area (TPSA) is 33.3 Å². The molecule has 0 aromatic heterocycles. The number of fused-ring (bicyclic) bond motifs is 1. The van der Waals surface area contributed by atoms with Crippen LogP contribution in [0.1, 0.15) is 49.7 Å². The minimum Gasteiger partial charge on any atom is -0.490 e. The van der Waals surface area contributed by atoms with Gasteiger partial charge in [-0.1, -0.05) is 12.5 Å². The highest BCUT2D eigenvalue weighted by Gasteiger charge is 2.28. The van der Waals surface area contributed by atoms with E-state index in [1.165, 1.54) is 43.2 Å². The van der Waals surface area contributed by atoms with Crippen LogP contribution in [0.25, 0.3) is 0 Å². The van der Waals surface area contributed by atoms with E-state index in [2.05, 4.69) is 28.8 Å². The van der Waals surface area contributed by atoms with Crippen LogP contribution >= 0.6 is 0 Å². The Balaban J connectivity index is 1.42. The van der Waals surface area contributed by atoms with Gasteiger partial charge in [0.05, 0.1) is 0 Å². The second kappa shape index (κ2) is 6.59. The first kappa shape index (κ1) is 14.5. The zero-order valence-corrected chi connectivity index (χ0v) is 13.4. The zero-order chi connectivity index (χ0) is 14.8. The van der Waals surface area contributed by atoms with Crippen LogP contribution in [-0.4, -0.2) is 25.2 Å². The maximum absolute atomic E-state index is 6.21. The fourth-order valence-corrected chi connectivity index (χ4v) is 4.09. The van der Waals surface area contributed by atoms with Crippen molar-refractivity contribution >= 4 is 0 Å². The average Bonchev–Trinajstić information content (AvgIpc) is 2.70. The van der Waals surface area contributed by atoms with Gasteiger partial charge in [-0.3, -0.25) is 0 Å². The molecular weight excluding hydrogens is 272 g/mol. The molecule has 2 aliphatic heterocycles. The van der Waals surface area contributed by atoms with Crippen LogP contribution in [0.15, 0.2) is 18.2 Å². The molecule has 1 atom stereocenters. The maximum Gasteiger partial charge on any atom is 0.120 e. The molecule has 1 aromatic rings. The second-order valence-corrected chi connectivity index (χ2v) is 7.21. The first-order chi connectivity index (χ1) is 10.9. The van der Waals surface area contributed by atoms with Gasteiger partial charge in [0.2, 0.25) is 0 Å². The number of nitrogens with one attached hydrogen (secondary N) is 2. The molecule has 3 heteroatoms. The van der Waals surface area contributed by atoms with Crippen molar-refractivity contribution in [2.75, 3.05) is 13.1 Å². The van der Waals surface area contributed by atoms with E-state index in [1.54, 1.807) is 0 Å². The van der Waals surface area contributed by atoms with Crippen molar-refractivity contribution in [3.63, 3.8) is 0 Å². The van der Waals surface area contributed by atoms with Crippen LogP contribution in [0, 0.1) is 5.92 Å². The molecule has 2 N–H and O–H groups in total. The van der Waals surface area contributed by atoms with Gasteiger partial charge < -0.3 is 15.4 Å². The van der Waals surface area contributed by atoms with Crippen LogP contribution in [0.3, 0.4) is 0 Å². The molecule has 3 nitrogen and oxygen atoms in total. The Kier molecular flexibility index (Phi) is 4.35. The van der Waals surface area contributed by atoms with Crippen molar-refractivity contribution < 1.29 is 4.74 Å². The third kappa shape index (κ3) is 3.16. The summed E-state index contributed by atoms with van der Waals surface area (Å²) in [7, 11) is 0. The highest BCUT2D eigenvalue weighted by atomic mass is 16.5. The molecule has 2 fully saturated rings. The summed E-state index contributed by atoms with van der Waals surface area (Å²) in [6.07, 6.45) is 9.43. The molecule has 1 aromatic carbocycles. The van der Waals surface area contributed by atoms with Gasteiger partial charge in [-0.2, -0.15) is 0 Å². The summed E-state index contributed by atoms with van der Waals surface area (Å²) in [6, 6.07) is 7.49. The quantitative estimate of drug-likeness (QED) is 0.900. The molecule has 0 bridgehead atoms. The Hall–Kier alpha value is -1.06. The van der Waals surface area contributed by atoms with Gasteiger partial charge in [0.1, 0.15) is 11.9 Å². The zero-order valence-electron chi connectivity index (χ0n) is 13.4. The number of benzene rings is 1. The Bertz CT molecular complexity index is 506. The van der Waals surface area contributed by atoms with E-state index >= 15 is 0 Å². The lowest BCUT2D eigenvalue weighted by Crippen LogP contribution is -2.38. The highest BCUT2D eigenvalue weighted by Crippen LogP contribution is 2.33. The summed E-state index contributed by atoms with van der Waals surface area (Å²) in [6.45, 7) is 3.20. The smallest absolute Gasteiger partial charge is 0.120 e. The largest absolute Gasteiger partial charge is 0.490 e. The Morgan fingerprint density at radius 2 is 1.82 bits per heavy atom. The van der Waals surface area contributed by atoms with E-state index in [1.807, 2.05) is 0 Å². The molecule has 22 heavy (non-hydrogen) atoms. The molecule has 1 aliphatic carbocycles. The number of hydrogen-bond donors (Lipinski definition) is 2. The highest BCUT2D eigenvalue weighted by molar-refractivity contribution is 5.36. The lowest BCUT2D eigenvalue weighted by Gasteiger charge is -2.33. The molecule has 120 valence electrons. The molecule has 4 rings (SSSR count). The molecule has 0 radical (unpaired) electrons. The first-order valence-electron chi connectivity index (χ1n) is 9.11. The molecule has 0 spiro atoms. The lowest BCUT2D eigenvalue weighted by molar-refractivity contribution is 0.162. The van der Waals surface area contributed by atoms with Crippen molar-refractivity contribution in [3.05, 3.63) is 29.3 Å². The standard InChI is InChI=1S/C19H28N2O/c1-2-14(3-1)19-7-5-15-12-18(6-4-16(15)13-21-19)22-17-8-10-20-11-9-17/h4,6,12,14,17,19-21H,1-3,5,7-11,13H2. The summed E-state index contributed by atoms with van der Waals surface area (Å²) in [4.78, 5) is 0. The van der Waals surface area contributed by atoms with E-state index in [-0.39, 0.29) is 0 Å². The summed E-state index contributed by atoms with van der Waals surface area (Å²) >= 11 is 0. The molecule has 1 saturated heterocycles. The summed E-state index contributed by atoms with van der Waals surface area (Å²) in [5, 5.41) is 7.19. The maximum atomic E-state index is 6.21. The minimum atomic E-state index is 0.394. The van der Waals surface area contributed by atoms with Gasteiger partial charge in [0.25, 0.3) is 0 Å². The van der Waals surface area contributed by atoms with Crippen LogP contribution in [0.4, 0.5) is 0 Å². The molecule has 0 amide bonds. The van der Waals surface area contributed by atoms with Gasteiger partial charge >= 0.3 is 0 Å². The SMILES string of the molecule is c1cc2c(cc1OC1CCNCC1)CCC(C1CCC1)NC2. The van der Waals surface area contributed by atoms with Gasteiger partial charge in [0.15, 0.2) is 0 Å². The lowest BCUT2D eigenvalue weighted by atomic mass is 9.78. The van der Waals surface area contributed by atoms with Crippen molar-refractivity contribution in [2.45, 2.75) is 63.6 Å². The normalized spacial score (nSPS) is 26.8. The molecular formula is C19H28N2O. The third-order valence-electron chi connectivity index (χ3n) is 5.76. The van der Waals surface area contributed by atoms with Gasteiger partial charge in [-0.25, -0.2) is 0 Å². The number of piperidine rings is 1. The predicted molar refractivity (Wildman–Crippen MR) is 89.3 cm³/mol. The molecule has 2 heterocycles. The van der Waals surface area contributed by atoms with E-state index in [0.29, 0.717) is 6.10 Å². The van der Waals surface area contributed by atoms with E-state index in [4.69, 9.17) is 4.74 Å². The average molecular weight is 300 g/mol. The van der Waals surface area contributed by atoms with Gasteiger partial charge in [0, 0.05) is 12.6 Å². The summed E-state index contributed by atoms with van der Waals surface area (Å²) in [5.41, 5.74) is 2.97. The second-order valence-electron chi connectivity index (χ2n) is 7.21. The fourth-order valence-electron chi connectivity index (χ4n) is 4.09. The van der Waals surface area contributed by atoms with E-state index in [0.717, 1.165) is 50.2 Å². The van der Waals surface area contributed by atoms with Crippen LogP contribution in [0.5, 0.6) is 5.75 Å². The minimum absolute atomic E-state index is 0.394. The number of hydrogen-bond acceptors (Lipinski definition) is 3. The molecule has 1 saturated carbocycles. The molecule has 1 unspecified atom stereocenters. The van der Waals surface area contributed by atoms with E-state index < -0.39 is 0 Å². The Morgan fingerprint density at radius 1 is 0.955 bits per heavy atom. The Labute approximate surface area is 133 Å². The Morgan fingerprint density at radius 3 is 2.59 bits per heavy atom. The van der Waals surface area contributed by atoms with Gasteiger partial charge in [-0.05, 0) is 80.8 Å². The van der Waals surface area contributed by atoms with Crippen LogP contribution < -0.4 is 15.4 Å². The predicted octanol–water partition coefficient (Wildman–Crippen LogP) is 3.02. The summed E-state index contributed by atoms with van der Waals surface area (Å²) in [5.74, 6) is 2.01. The molecule has 3 aliphatic rings. The fraction of sp³-hybridized carbons (Fsp3) is 0.684. The van der Waals surface area contributed by atoms with Crippen molar-refractivity contribution in [2.24, 2.45) is 5.92 Å². The third-order valence-corrected chi connectivity index (χ3v) is 5.76.